The van der Waals surface area contributed by atoms with E-state index in [9.17, 15) is 0 Å². The van der Waals surface area contributed by atoms with Crippen LogP contribution in [0, 0.1) is 0 Å². The van der Waals surface area contributed by atoms with Gasteiger partial charge in [-0.25, -0.2) is 0 Å². The normalized spacial score (nSPS) is 14.8. The van der Waals surface area contributed by atoms with Gasteiger partial charge in [0.1, 0.15) is 0 Å². The Morgan fingerprint density at radius 2 is 1.29 bits per heavy atom. The molecule has 0 aliphatic rings. The fourth-order valence-corrected chi connectivity index (χ4v) is 35.9. The van der Waals surface area contributed by atoms with E-state index in [2.05, 4.69) is 71.9 Å². The highest BCUT2D eigenvalue weighted by Gasteiger charge is 2.61. The van der Waals surface area contributed by atoms with E-state index in [1.54, 1.807) is 0 Å². The molecule has 0 N–H and O–H groups in total. The monoisotopic (exact) mass is 358 g/mol. The SMILES string of the molecule is CCCC/C=C/O[Si]C([Si](C)(C)C)([Si](C)(C)C)[Si](C)(C)C. The maximum absolute atomic E-state index is 6.18. The average molecular weight is 359 g/mol. The quantitative estimate of drug-likeness (QED) is 0.274. The van der Waals surface area contributed by atoms with Gasteiger partial charge in [-0.2, -0.15) is 0 Å². The lowest BCUT2D eigenvalue weighted by Crippen LogP contribution is -2.68. The molecule has 0 spiro atoms. The van der Waals surface area contributed by atoms with E-state index in [0.717, 1.165) is 6.42 Å². The van der Waals surface area contributed by atoms with Gasteiger partial charge in [-0.3, -0.25) is 0 Å². The lowest BCUT2D eigenvalue weighted by molar-refractivity contribution is 0.506. The van der Waals surface area contributed by atoms with Gasteiger partial charge in [-0.1, -0.05) is 78.3 Å². The zero-order chi connectivity index (χ0) is 16.9. The Kier molecular flexibility index (Phi) is 7.94. The van der Waals surface area contributed by atoms with Gasteiger partial charge in [0, 0.05) is 24.2 Å². The van der Waals surface area contributed by atoms with Crippen LogP contribution in [-0.4, -0.2) is 34.0 Å². The first-order valence-electron chi connectivity index (χ1n) is 8.39. The summed E-state index contributed by atoms with van der Waals surface area (Å²) in [4.78, 5) is 0. The summed E-state index contributed by atoms with van der Waals surface area (Å²) in [6.07, 6.45) is 7.91. The summed E-state index contributed by atoms with van der Waals surface area (Å²) < 4.78 is 6.71. The summed E-state index contributed by atoms with van der Waals surface area (Å²) in [5.74, 6) is 0. The molecule has 2 radical (unpaired) electrons. The van der Waals surface area contributed by atoms with E-state index in [0.29, 0.717) is 13.7 Å². The highest BCUT2D eigenvalue weighted by atomic mass is 28.5. The molecule has 0 fully saturated rings. The maximum atomic E-state index is 6.18. The zero-order valence-electron chi connectivity index (χ0n) is 16.2. The molecule has 0 aromatic heterocycles. The van der Waals surface area contributed by atoms with Crippen molar-refractivity contribution in [3.8, 4) is 0 Å². The minimum atomic E-state index is -1.31. The van der Waals surface area contributed by atoms with Crippen molar-refractivity contribution in [1.82, 2.24) is 0 Å². The van der Waals surface area contributed by atoms with Crippen LogP contribution in [0.1, 0.15) is 26.2 Å². The van der Waals surface area contributed by atoms with Crippen LogP contribution < -0.4 is 0 Å². The van der Waals surface area contributed by atoms with Crippen molar-refractivity contribution in [1.29, 1.82) is 0 Å². The Labute approximate surface area is 139 Å². The average Bonchev–Trinajstić information content (AvgIpc) is 2.22. The Hall–Kier alpha value is 0.408. The third-order valence-corrected chi connectivity index (χ3v) is 33.0. The molecule has 5 heteroatoms. The van der Waals surface area contributed by atoms with Gasteiger partial charge in [0.2, 0.25) is 0 Å². The lowest BCUT2D eigenvalue weighted by Gasteiger charge is -2.57. The van der Waals surface area contributed by atoms with E-state index < -0.39 is 24.2 Å². The zero-order valence-corrected chi connectivity index (χ0v) is 20.2. The maximum Gasteiger partial charge on any atom is 0.307 e. The molecular formula is C16H38OSi4. The molecule has 0 aromatic rings. The van der Waals surface area contributed by atoms with Crippen LogP contribution in [0.3, 0.4) is 0 Å². The molecule has 0 saturated heterocycles. The van der Waals surface area contributed by atoms with Crippen LogP contribution in [0.15, 0.2) is 12.3 Å². The Morgan fingerprint density at radius 3 is 1.62 bits per heavy atom. The summed E-state index contributed by atoms with van der Waals surface area (Å²) in [7, 11) is -3.26. The number of allylic oxidation sites excluding steroid dienone is 1. The fourth-order valence-electron chi connectivity index (χ4n) is 4.39. The van der Waals surface area contributed by atoms with Crippen molar-refractivity contribution in [2.45, 2.75) is 89.0 Å². The number of rotatable bonds is 9. The second-order valence-electron chi connectivity index (χ2n) is 9.23. The third kappa shape index (κ3) is 5.22. The predicted octanol–water partition coefficient (Wildman–Crippen LogP) is 6.12. The first kappa shape index (κ1) is 21.4. The molecule has 0 rings (SSSR count). The minimum Gasteiger partial charge on any atom is -0.547 e. The fraction of sp³-hybridized carbons (Fsp3) is 0.875. The summed E-state index contributed by atoms with van der Waals surface area (Å²) >= 11 is 0. The summed E-state index contributed by atoms with van der Waals surface area (Å²) in [6, 6.07) is 0. The topological polar surface area (TPSA) is 9.23 Å². The summed E-state index contributed by atoms with van der Waals surface area (Å²) in [6.45, 7) is 25.4. The van der Waals surface area contributed by atoms with Crippen molar-refractivity contribution >= 4 is 34.0 Å². The van der Waals surface area contributed by atoms with Crippen molar-refractivity contribution in [2.24, 2.45) is 0 Å². The summed E-state index contributed by atoms with van der Waals surface area (Å²) in [5, 5.41) is 0. The molecular weight excluding hydrogens is 321 g/mol. The molecule has 0 saturated carbocycles. The van der Waals surface area contributed by atoms with Gasteiger partial charge in [0.25, 0.3) is 0 Å². The van der Waals surface area contributed by atoms with E-state index in [4.69, 9.17) is 4.43 Å². The predicted molar refractivity (Wildman–Crippen MR) is 108 cm³/mol. The van der Waals surface area contributed by atoms with Crippen molar-refractivity contribution < 1.29 is 4.43 Å². The van der Waals surface area contributed by atoms with Crippen LogP contribution in [-0.2, 0) is 4.43 Å². The van der Waals surface area contributed by atoms with Gasteiger partial charge in [-0.05, 0) is 16.7 Å². The van der Waals surface area contributed by atoms with Crippen LogP contribution in [0.2, 0.25) is 62.8 Å². The minimum absolute atomic E-state index is 0.530. The van der Waals surface area contributed by atoms with Gasteiger partial charge < -0.3 is 4.43 Å². The first-order chi connectivity index (χ1) is 9.31. The molecule has 0 aliphatic heterocycles. The molecule has 0 unspecified atom stereocenters. The molecule has 21 heavy (non-hydrogen) atoms. The van der Waals surface area contributed by atoms with Gasteiger partial charge in [0.05, 0.1) is 6.26 Å². The molecule has 0 heterocycles. The first-order valence-corrected chi connectivity index (χ1v) is 19.8. The number of hydrogen-bond donors (Lipinski definition) is 0. The van der Waals surface area contributed by atoms with E-state index in [1.165, 1.54) is 12.8 Å². The summed E-state index contributed by atoms with van der Waals surface area (Å²) in [5.41, 5.74) is 0. The third-order valence-electron chi connectivity index (χ3n) is 4.48. The Balaban J connectivity index is 5.30. The van der Waals surface area contributed by atoms with E-state index in [-0.39, 0.29) is 0 Å². The van der Waals surface area contributed by atoms with Crippen molar-refractivity contribution in [3.63, 3.8) is 0 Å². The largest absolute Gasteiger partial charge is 0.547 e. The highest BCUT2D eigenvalue weighted by molar-refractivity contribution is 7.22. The smallest absolute Gasteiger partial charge is 0.307 e. The second-order valence-corrected chi connectivity index (χ2v) is 29.2. The molecule has 0 aliphatic carbocycles. The van der Waals surface area contributed by atoms with Gasteiger partial charge >= 0.3 is 9.76 Å². The van der Waals surface area contributed by atoms with Crippen LogP contribution in [0.4, 0.5) is 0 Å². The molecule has 0 bridgehead atoms. The lowest BCUT2D eigenvalue weighted by atomic mass is 10.2. The molecule has 0 amide bonds. The highest BCUT2D eigenvalue weighted by Crippen LogP contribution is 2.52. The van der Waals surface area contributed by atoms with E-state index in [1.807, 2.05) is 6.26 Å². The standard InChI is InChI=1S/C16H38OSi4/c1-11-12-13-14-15-17-18-16(19(2,3)4,20(5,6)7)21(8,9)10/h14-15H,11-13H2,1-10H3/b15-14+. The van der Waals surface area contributed by atoms with Gasteiger partial charge in [-0.15, -0.1) is 0 Å². The molecule has 0 atom stereocenters. The van der Waals surface area contributed by atoms with Crippen LogP contribution in [0.25, 0.3) is 0 Å². The van der Waals surface area contributed by atoms with Crippen LogP contribution >= 0.6 is 0 Å². The van der Waals surface area contributed by atoms with Crippen molar-refractivity contribution in [3.05, 3.63) is 12.3 Å². The molecule has 0 aromatic carbocycles. The Morgan fingerprint density at radius 1 is 0.857 bits per heavy atom. The second kappa shape index (κ2) is 7.79. The molecule has 124 valence electrons. The number of hydrogen-bond acceptors (Lipinski definition) is 1. The van der Waals surface area contributed by atoms with Gasteiger partial charge in [0.15, 0.2) is 0 Å². The van der Waals surface area contributed by atoms with Crippen molar-refractivity contribution in [2.75, 3.05) is 0 Å². The number of unbranched alkanes of at least 4 members (excludes halogenated alkanes) is 2. The van der Waals surface area contributed by atoms with E-state index >= 15 is 0 Å². The Bertz CT molecular complexity index is 296. The van der Waals surface area contributed by atoms with Crippen LogP contribution in [0.5, 0.6) is 0 Å². The molecule has 1 nitrogen and oxygen atoms in total.